The Labute approximate surface area is 114 Å². The molecule has 5 nitrogen and oxygen atoms in total. The first-order valence-electron chi connectivity index (χ1n) is 6.56. The van der Waals surface area contributed by atoms with Gasteiger partial charge in [0.05, 0.1) is 11.4 Å². The van der Waals surface area contributed by atoms with E-state index in [1.807, 2.05) is 0 Å². The highest BCUT2D eigenvalue weighted by molar-refractivity contribution is 7.92. The van der Waals surface area contributed by atoms with E-state index in [1.54, 1.807) is 19.1 Å². The molecule has 6 heteroatoms. The van der Waals surface area contributed by atoms with Crippen molar-refractivity contribution in [2.24, 2.45) is 0 Å². The zero-order valence-corrected chi connectivity index (χ0v) is 11.9. The molecule has 19 heavy (non-hydrogen) atoms. The molecule has 1 aromatic rings. The quantitative estimate of drug-likeness (QED) is 0.855. The number of phenols is 1. The molecule has 0 amide bonds. The summed E-state index contributed by atoms with van der Waals surface area (Å²) in [5.74, 6) is 0.182. The Morgan fingerprint density at radius 2 is 2.26 bits per heavy atom. The SMILES string of the molecule is CCN(c1cccc(O)c1)S(=O)(=O)CC1CCCN1. The molecule has 1 aromatic carbocycles. The molecular weight excluding hydrogens is 264 g/mol. The van der Waals surface area contributed by atoms with E-state index in [9.17, 15) is 13.5 Å². The second-order valence-corrected chi connectivity index (χ2v) is 6.69. The average molecular weight is 284 g/mol. The lowest BCUT2D eigenvalue weighted by Gasteiger charge is -2.24. The highest BCUT2D eigenvalue weighted by atomic mass is 32.2. The number of rotatable bonds is 5. The van der Waals surface area contributed by atoms with Gasteiger partial charge in [0, 0.05) is 18.7 Å². The van der Waals surface area contributed by atoms with Crippen molar-refractivity contribution in [1.29, 1.82) is 0 Å². The van der Waals surface area contributed by atoms with Gasteiger partial charge < -0.3 is 10.4 Å². The summed E-state index contributed by atoms with van der Waals surface area (Å²) in [4.78, 5) is 0. The van der Waals surface area contributed by atoms with Crippen molar-refractivity contribution in [2.75, 3.05) is 23.1 Å². The predicted octanol–water partition coefficient (Wildman–Crippen LogP) is 1.30. The molecule has 2 N–H and O–H groups in total. The number of phenolic OH excluding ortho intramolecular Hbond substituents is 1. The normalized spacial score (nSPS) is 19.5. The first kappa shape index (κ1) is 14.1. The van der Waals surface area contributed by atoms with E-state index < -0.39 is 10.0 Å². The van der Waals surface area contributed by atoms with Gasteiger partial charge in [-0.3, -0.25) is 4.31 Å². The molecule has 1 fully saturated rings. The van der Waals surface area contributed by atoms with E-state index in [-0.39, 0.29) is 17.5 Å². The van der Waals surface area contributed by atoms with E-state index in [1.165, 1.54) is 16.4 Å². The number of hydrogen-bond donors (Lipinski definition) is 2. The van der Waals surface area contributed by atoms with Crippen molar-refractivity contribution in [2.45, 2.75) is 25.8 Å². The minimum absolute atomic E-state index is 0.0383. The summed E-state index contributed by atoms with van der Waals surface area (Å²) < 4.78 is 26.2. The van der Waals surface area contributed by atoms with Crippen LogP contribution in [-0.2, 0) is 10.0 Å². The fourth-order valence-corrected chi connectivity index (χ4v) is 4.23. The lowest BCUT2D eigenvalue weighted by atomic mass is 10.3. The predicted molar refractivity (Wildman–Crippen MR) is 75.9 cm³/mol. The molecule has 106 valence electrons. The third-order valence-electron chi connectivity index (χ3n) is 3.31. The molecule has 0 aromatic heterocycles. The maximum atomic E-state index is 12.4. The van der Waals surface area contributed by atoms with Crippen LogP contribution in [0.15, 0.2) is 24.3 Å². The van der Waals surface area contributed by atoms with Gasteiger partial charge in [0.15, 0.2) is 0 Å². The summed E-state index contributed by atoms with van der Waals surface area (Å²) in [6, 6.07) is 6.39. The summed E-state index contributed by atoms with van der Waals surface area (Å²) in [5, 5.41) is 12.7. The Morgan fingerprint density at radius 3 is 2.84 bits per heavy atom. The molecular formula is C13H20N2O3S. The second-order valence-electron chi connectivity index (χ2n) is 4.76. The maximum absolute atomic E-state index is 12.4. The Morgan fingerprint density at radius 1 is 1.47 bits per heavy atom. The smallest absolute Gasteiger partial charge is 0.236 e. The Kier molecular flexibility index (Phi) is 4.31. The Balaban J connectivity index is 2.20. The fraction of sp³-hybridized carbons (Fsp3) is 0.538. The number of hydrogen-bond acceptors (Lipinski definition) is 4. The van der Waals surface area contributed by atoms with Gasteiger partial charge >= 0.3 is 0 Å². The molecule has 1 heterocycles. The Hall–Kier alpha value is -1.27. The van der Waals surface area contributed by atoms with Crippen molar-refractivity contribution in [3.63, 3.8) is 0 Å². The van der Waals surface area contributed by atoms with Crippen LogP contribution in [0.25, 0.3) is 0 Å². The summed E-state index contributed by atoms with van der Waals surface area (Å²) in [6.07, 6.45) is 1.93. The number of sulfonamides is 1. The van der Waals surface area contributed by atoms with Crippen molar-refractivity contribution >= 4 is 15.7 Å². The molecule has 1 atom stereocenters. The molecule has 2 rings (SSSR count). The lowest BCUT2D eigenvalue weighted by Crippen LogP contribution is -2.39. The van der Waals surface area contributed by atoms with Gasteiger partial charge in [0.25, 0.3) is 0 Å². The van der Waals surface area contributed by atoms with Crippen LogP contribution >= 0.6 is 0 Å². The molecule has 0 bridgehead atoms. The molecule has 0 spiro atoms. The standard InChI is InChI=1S/C13H20N2O3S/c1-2-15(12-6-3-7-13(16)9-12)19(17,18)10-11-5-4-8-14-11/h3,6-7,9,11,14,16H,2,4-5,8,10H2,1H3. The van der Waals surface area contributed by atoms with Crippen LogP contribution in [0.3, 0.4) is 0 Å². The van der Waals surface area contributed by atoms with Crippen LogP contribution < -0.4 is 9.62 Å². The molecule has 0 aliphatic carbocycles. The van der Waals surface area contributed by atoms with Gasteiger partial charge in [-0.1, -0.05) is 6.07 Å². The van der Waals surface area contributed by atoms with Gasteiger partial charge in [-0.25, -0.2) is 8.42 Å². The molecule has 1 saturated heterocycles. The average Bonchev–Trinajstić information content (AvgIpc) is 2.81. The number of nitrogens with zero attached hydrogens (tertiary/aromatic N) is 1. The van der Waals surface area contributed by atoms with Crippen LogP contribution in [0.2, 0.25) is 0 Å². The highest BCUT2D eigenvalue weighted by Gasteiger charge is 2.27. The summed E-state index contributed by atoms with van der Waals surface area (Å²) in [7, 11) is -3.37. The van der Waals surface area contributed by atoms with Crippen molar-refractivity contribution in [1.82, 2.24) is 5.32 Å². The van der Waals surface area contributed by atoms with Crippen molar-refractivity contribution in [3.8, 4) is 5.75 Å². The zero-order chi connectivity index (χ0) is 13.9. The number of benzene rings is 1. The number of nitrogens with one attached hydrogen (secondary N) is 1. The van der Waals surface area contributed by atoms with Crippen molar-refractivity contribution < 1.29 is 13.5 Å². The van der Waals surface area contributed by atoms with Crippen molar-refractivity contribution in [3.05, 3.63) is 24.3 Å². The molecule has 0 saturated carbocycles. The van der Waals surface area contributed by atoms with E-state index in [0.29, 0.717) is 12.2 Å². The largest absolute Gasteiger partial charge is 0.508 e. The van der Waals surface area contributed by atoms with Gasteiger partial charge in [-0.15, -0.1) is 0 Å². The van der Waals surface area contributed by atoms with Gasteiger partial charge in [0.2, 0.25) is 10.0 Å². The minimum Gasteiger partial charge on any atom is -0.508 e. The van der Waals surface area contributed by atoms with Crippen LogP contribution in [-0.4, -0.2) is 38.4 Å². The Bertz CT molecular complexity index is 524. The van der Waals surface area contributed by atoms with Crippen LogP contribution in [0.4, 0.5) is 5.69 Å². The van der Waals surface area contributed by atoms with E-state index in [2.05, 4.69) is 5.32 Å². The third-order valence-corrected chi connectivity index (χ3v) is 5.28. The molecule has 0 radical (unpaired) electrons. The van der Waals surface area contributed by atoms with E-state index in [0.717, 1.165) is 19.4 Å². The third kappa shape index (κ3) is 3.39. The van der Waals surface area contributed by atoms with Gasteiger partial charge in [-0.05, 0) is 38.4 Å². The summed E-state index contributed by atoms with van der Waals surface area (Å²) >= 11 is 0. The maximum Gasteiger partial charge on any atom is 0.236 e. The topological polar surface area (TPSA) is 69.6 Å². The lowest BCUT2D eigenvalue weighted by molar-refractivity contribution is 0.475. The minimum atomic E-state index is -3.37. The van der Waals surface area contributed by atoms with E-state index in [4.69, 9.17) is 0 Å². The zero-order valence-electron chi connectivity index (χ0n) is 11.0. The number of anilines is 1. The molecule has 1 aliphatic heterocycles. The number of aromatic hydroxyl groups is 1. The second kappa shape index (κ2) is 5.79. The first-order chi connectivity index (χ1) is 9.03. The first-order valence-corrected chi connectivity index (χ1v) is 8.16. The summed E-state index contributed by atoms with van der Waals surface area (Å²) in [6.45, 7) is 3.04. The van der Waals surface area contributed by atoms with Crippen LogP contribution in [0.5, 0.6) is 5.75 Å². The summed E-state index contributed by atoms with van der Waals surface area (Å²) in [5.41, 5.74) is 0.514. The van der Waals surface area contributed by atoms with E-state index >= 15 is 0 Å². The van der Waals surface area contributed by atoms with Crippen LogP contribution in [0, 0.1) is 0 Å². The molecule has 1 unspecified atom stereocenters. The highest BCUT2D eigenvalue weighted by Crippen LogP contribution is 2.23. The van der Waals surface area contributed by atoms with Gasteiger partial charge in [-0.2, -0.15) is 0 Å². The van der Waals surface area contributed by atoms with Crippen LogP contribution in [0.1, 0.15) is 19.8 Å². The monoisotopic (exact) mass is 284 g/mol. The van der Waals surface area contributed by atoms with Gasteiger partial charge in [0.1, 0.15) is 5.75 Å². The fourth-order valence-electron chi connectivity index (χ4n) is 2.43. The molecule has 1 aliphatic rings.